The van der Waals surface area contributed by atoms with Crippen molar-refractivity contribution in [2.75, 3.05) is 18.6 Å². The molecule has 0 unspecified atom stereocenters. The molecule has 0 aliphatic rings. The largest absolute Gasteiger partial charge is 0.416 e. The first kappa shape index (κ1) is 20.8. The first-order chi connectivity index (χ1) is 12.6. The minimum Gasteiger partial charge on any atom is -0.333 e. The minimum atomic E-state index is -4.57. The van der Waals surface area contributed by atoms with Crippen LogP contribution in [0.15, 0.2) is 47.4 Å². The summed E-state index contributed by atoms with van der Waals surface area (Å²) >= 11 is 1.18. The van der Waals surface area contributed by atoms with Crippen molar-refractivity contribution < 1.29 is 27.2 Å². The van der Waals surface area contributed by atoms with Crippen LogP contribution in [0.2, 0.25) is 0 Å². The van der Waals surface area contributed by atoms with Crippen LogP contribution >= 0.6 is 11.8 Å². The van der Waals surface area contributed by atoms with E-state index in [1.54, 1.807) is 6.26 Å². The Bertz CT molecular complexity index is 855. The molecule has 2 amide bonds. The molecule has 0 radical (unpaired) electrons. The zero-order valence-corrected chi connectivity index (χ0v) is 15.2. The normalized spacial score (nSPS) is 11.2. The number of carbonyl (C=O) groups is 2. The highest BCUT2D eigenvalue weighted by Gasteiger charge is 2.33. The molecule has 1 N–H and O–H groups in total. The molecule has 27 heavy (non-hydrogen) atoms. The zero-order valence-electron chi connectivity index (χ0n) is 14.4. The fraction of sp³-hybridized carbons (Fsp3) is 0.222. The molecule has 2 aromatic rings. The van der Waals surface area contributed by atoms with E-state index in [1.165, 1.54) is 49.1 Å². The summed E-state index contributed by atoms with van der Waals surface area (Å²) in [5.41, 5.74) is -0.934. The van der Waals surface area contributed by atoms with E-state index in [2.05, 4.69) is 5.32 Å². The number of amides is 2. The Hall–Kier alpha value is -2.55. The van der Waals surface area contributed by atoms with Crippen molar-refractivity contribution in [3.05, 3.63) is 59.4 Å². The van der Waals surface area contributed by atoms with Crippen LogP contribution in [0.3, 0.4) is 0 Å². The van der Waals surface area contributed by atoms with Crippen LogP contribution in [-0.2, 0) is 22.3 Å². The minimum absolute atomic E-state index is 0.0766. The molecule has 0 heterocycles. The molecule has 2 aromatic carbocycles. The summed E-state index contributed by atoms with van der Waals surface area (Å²) in [5.74, 6) is -2.67. The van der Waals surface area contributed by atoms with Crippen molar-refractivity contribution in [1.29, 1.82) is 0 Å². The average molecular weight is 400 g/mol. The third-order valence-corrected chi connectivity index (χ3v) is 4.45. The van der Waals surface area contributed by atoms with Crippen LogP contribution < -0.4 is 5.32 Å². The van der Waals surface area contributed by atoms with Crippen LogP contribution in [0.4, 0.5) is 23.2 Å². The number of hydrogen-bond acceptors (Lipinski definition) is 3. The topological polar surface area (TPSA) is 49.4 Å². The second-order valence-electron chi connectivity index (χ2n) is 5.62. The summed E-state index contributed by atoms with van der Waals surface area (Å²) in [6.45, 7) is -0.401. The molecule has 0 saturated carbocycles. The lowest BCUT2D eigenvalue weighted by atomic mass is 10.1. The Kier molecular flexibility index (Phi) is 6.48. The SMILES string of the molecule is CSc1ccc(NC(=O)C(=O)N(C)Cc2ccccc2C(F)(F)F)cc1F. The maximum absolute atomic E-state index is 13.7. The lowest BCUT2D eigenvalue weighted by Gasteiger charge is -2.19. The first-order valence-electron chi connectivity index (χ1n) is 7.68. The fourth-order valence-corrected chi connectivity index (χ4v) is 2.82. The number of anilines is 1. The molecule has 0 fully saturated rings. The van der Waals surface area contributed by atoms with E-state index >= 15 is 0 Å². The van der Waals surface area contributed by atoms with E-state index < -0.39 is 35.9 Å². The maximum atomic E-state index is 13.7. The number of thioether (sulfide) groups is 1. The molecule has 2 rings (SSSR count). The zero-order chi connectivity index (χ0) is 20.2. The molecule has 144 valence electrons. The van der Waals surface area contributed by atoms with Crippen molar-refractivity contribution in [1.82, 2.24) is 4.90 Å². The number of alkyl halides is 3. The Morgan fingerprint density at radius 3 is 2.41 bits per heavy atom. The summed E-state index contributed by atoms with van der Waals surface area (Å²) in [6, 6.07) is 8.75. The van der Waals surface area contributed by atoms with Crippen LogP contribution in [-0.4, -0.2) is 30.0 Å². The van der Waals surface area contributed by atoms with Gasteiger partial charge in [-0.3, -0.25) is 9.59 Å². The van der Waals surface area contributed by atoms with Gasteiger partial charge in [-0.15, -0.1) is 11.8 Å². The van der Waals surface area contributed by atoms with E-state index in [0.29, 0.717) is 4.90 Å². The third kappa shape index (κ3) is 5.22. The van der Waals surface area contributed by atoms with E-state index in [9.17, 15) is 27.2 Å². The number of nitrogens with one attached hydrogen (secondary N) is 1. The van der Waals surface area contributed by atoms with Gasteiger partial charge in [0.05, 0.1) is 5.56 Å². The molecule has 9 heteroatoms. The molecule has 0 aliphatic carbocycles. The van der Waals surface area contributed by atoms with E-state index in [-0.39, 0.29) is 11.3 Å². The molecule has 0 aromatic heterocycles. The molecule has 0 atom stereocenters. The summed E-state index contributed by atoms with van der Waals surface area (Å²) in [4.78, 5) is 25.4. The van der Waals surface area contributed by atoms with Gasteiger partial charge in [-0.2, -0.15) is 13.2 Å². The van der Waals surface area contributed by atoms with Crippen LogP contribution in [0.25, 0.3) is 0 Å². The van der Waals surface area contributed by atoms with Gasteiger partial charge in [0.2, 0.25) is 0 Å². The Balaban J connectivity index is 2.09. The van der Waals surface area contributed by atoms with Gasteiger partial charge in [0.15, 0.2) is 0 Å². The summed E-state index contributed by atoms with van der Waals surface area (Å²) in [5, 5.41) is 2.24. The fourth-order valence-electron chi connectivity index (χ4n) is 2.36. The van der Waals surface area contributed by atoms with E-state index in [1.807, 2.05) is 0 Å². The lowest BCUT2D eigenvalue weighted by molar-refractivity contribution is -0.143. The number of halogens is 4. The van der Waals surface area contributed by atoms with Gasteiger partial charge < -0.3 is 10.2 Å². The van der Waals surface area contributed by atoms with Crippen molar-refractivity contribution in [3.63, 3.8) is 0 Å². The number of rotatable bonds is 4. The number of hydrogen-bond donors (Lipinski definition) is 1. The number of benzene rings is 2. The van der Waals surface area contributed by atoms with Crippen molar-refractivity contribution in [3.8, 4) is 0 Å². The standard InChI is InChI=1S/C18H16F4N2O2S/c1-24(10-11-5-3-4-6-13(11)18(20,21)22)17(26)16(25)23-12-7-8-15(27-2)14(19)9-12/h3-9H,10H2,1-2H3,(H,23,25). The first-order valence-corrected chi connectivity index (χ1v) is 8.91. The predicted molar refractivity (Wildman–Crippen MR) is 94.7 cm³/mol. The summed E-state index contributed by atoms with van der Waals surface area (Å²) in [7, 11) is 1.21. The predicted octanol–water partition coefficient (Wildman–Crippen LogP) is 4.16. The van der Waals surface area contributed by atoms with E-state index in [0.717, 1.165) is 17.0 Å². The van der Waals surface area contributed by atoms with Crippen LogP contribution in [0.1, 0.15) is 11.1 Å². The highest BCUT2D eigenvalue weighted by molar-refractivity contribution is 7.98. The van der Waals surface area contributed by atoms with Gasteiger partial charge in [-0.05, 0) is 36.1 Å². The molecule has 0 aliphatic heterocycles. The smallest absolute Gasteiger partial charge is 0.333 e. The van der Waals surface area contributed by atoms with Crippen molar-refractivity contribution in [2.24, 2.45) is 0 Å². The molecular weight excluding hydrogens is 384 g/mol. The number of likely N-dealkylation sites (N-methyl/N-ethyl adjacent to an activating group) is 1. The van der Waals surface area contributed by atoms with Gasteiger partial charge in [-0.1, -0.05) is 18.2 Å². The van der Waals surface area contributed by atoms with Gasteiger partial charge in [-0.25, -0.2) is 4.39 Å². The van der Waals surface area contributed by atoms with Gasteiger partial charge in [0, 0.05) is 24.2 Å². The Morgan fingerprint density at radius 2 is 1.81 bits per heavy atom. The van der Waals surface area contributed by atoms with Crippen molar-refractivity contribution in [2.45, 2.75) is 17.6 Å². The molecular formula is C18H16F4N2O2S. The number of nitrogens with zero attached hydrogens (tertiary/aromatic N) is 1. The Morgan fingerprint density at radius 1 is 1.15 bits per heavy atom. The van der Waals surface area contributed by atoms with Crippen LogP contribution in [0, 0.1) is 5.82 Å². The highest BCUT2D eigenvalue weighted by atomic mass is 32.2. The van der Waals surface area contributed by atoms with Crippen molar-refractivity contribution >= 4 is 29.3 Å². The summed E-state index contributed by atoms with van der Waals surface area (Å²) in [6.07, 6.45) is -2.88. The van der Waals surface area contributed by atoms with Crippen LogP contribution in [0.5, 0.6) is 0 Å². The van der Waals surface area contributed by atoms with E-state index in [4.69, 9.17) is 0 Å². The lowest BCUT2D eigenvalue weighted by Crippen LogP contribution is -2.37. The number of carbonyl (C=O) groups excluding carboxylic acids is 2. The second-order valence-corrected chi connectivity index (χ2v) is 6.47. The highest BCUT2D eigenvalue weighted by Crippen LogP contribution is 2.32. The third-order valence-electron chi connectivity index (χ3n) is 3.68. The Labute approximate surface area is 157 Å². The maximum Gasteiger partial charge on any atom is 0.416 e. The summed E-state index contributed by atoms with van der Waals surface area (Å²) < 4.78 is 52.8. The van der Waals surface area contributed by atoms with Gasteiger partial charge >= 0.3 is 18.0 Å². The molecule has 0 spiro atoms. The molecule has 4 nitrogen and oxygen atoms in total. The van der Waals surface area contributed by atoms with Gasteiger partial charge in [0.25, 0.3) is 0 Å². The van der Waals surface area contributed by atoms with Gasteiger partial charge in [0.1, 0.15) is 5.82 Å². The average Bonchev–Trinajstić information content (AvgIpc) is 2.60. The quantitative estimate of drug-likeness (QED) is 0.476. The second kappa shape index (κ2) is 8.43. The molecule has 0 saturated heterocycles. The molecule has 0 bridgehead atoms. The monoisotopic (exact) mass is 400 g/mol.